The number of hydrogen-bond acceptors (Lipinski definition) is 4. The monoisotopic (exact) mass is 476 g/mol. The van der Waals surface area contributed by atoms with Crippen LogP contribution in [0.25, 0.3) is 10.4 Å². The molecule has 1 heterocycles. The van der Waals surface area contributed by atoms with Crippen LogP contribution in [0, 0.1) is 13.8 Å². The first-order chi connectivity index (χ1) is 15.3. The molecule has 0 aliphatic rings. The average molecular weight is 477 g/mol. The Morgan fingerprint density at radius 2 is 1.55 bits per heavy atom. The van der Waals surface area contributed by atoms with Gasteiger partial charge in [-0.2, -0.15) is 13.2 Å². The molecule has 0 spiro atoms. The predicted octanol–water partition coefficient (Wildman–Crippen LogP) is 6.67. The van der Waals surface area contributed by atoms with Gasteiger partial charge in [0.15, 0.2) is 12.4 Å². The Hall–Kier alpha value is -3.13. The molecule has 0 amide bonds. The summed E-state index contributed by atoms with van der Waals surface area (Å²) in [5.41, 5.74) is 1.22. The van der Waals surface area contributed by atoms with Crippen molar-refractivity contribution in [2.24, 2.45) is 0 Å². The number of rotatable bonds is 7. The third kappa shape index (κ3) is 5.27. The average Bonchev–Trinajstić information content (AvgIpc) is 3.13. The first-order valence-corrected chi connectivity index (χ1v) is 10.9. The molecule has 8 heteroatoms. The van der Waals surface area contributed by atoms with E-state index in [4.69, 9.17) is 9.84 Å². The van der Waals surface area contributed by atoms with E-state index in [0.717, 1.165) is 23.3 Å². The van der Waals surface area contributed by atoms with Crippen molar-refractivity contribution in [2.75, 3.05) is 6.61 Å². The van der Waals surface area contributed by atoms with E-state index in [1.807, 2.05) is 13.0 Å². The van der Waals surface area contributed by atoms with Crippen molar-refractivity contribution in [3.63, 3.8) is 0 Å². The van der Waals surface area contributed by atoms with Crippen molar-refractivity contribution in [1.82, 2.24) is 0 Å². The van der Waals surface area contributed by atoms with Crippen LogP contribution in [-0.2, 0) is 16.4 Å². The van der Waals surface area contributed by atoms with Crippen molar-refractivity contribution in [2.45, 2.75) is 39.3 Å². The van der Waals surface area contributed by atoms with Gasteiger partial charge in [0.05, 0.1) is 15.9 Å². The van der Waals surface area contributed by atoms with Crippen molar-refractivity contribution in [3.05, 3.63) is 75.7 Å². The van der Waals surface area contributed by atoms with Gasteiger partial charge < -0.3 is 9.84 Å². The van der Waals surface area contributed by atoms with Gasteiger partial charge in [0.25, 0.3) is 0 Å². The summed E-state index contributed by atoms with van der Waals surface area (Å²) in [5.74, 6) is -0.755. The van der Waals surface area contributed by atoms with E-state index in [2.05, 4.69) is 0 Å². The molecular weight excluding hydrogens is 453 g/mol. The summed E-state index contributed by atoms with van der Waals surface area (Å²) in [7, 11) is 0. The summed E-state index contributed by atoms with van der Waals surface area (Å²) >= 11 is 1.25. The Kier molecular flexibility index (Phi) is 6.70. The van der Waals surface area contributed by atoms with Crippen LogP contribution in [0.15, 0.2) is 48.5 Å². The van der Waals surface area contributed by atoms with E-state index in [9.17, 15) is 22.8 Å². The Morgan fingerprint density at radius 1 is 0.939 bits per heavy atom. The second kappa shape index (κ2) is 9.02. The highest BCUT2D eigenvalue weighted by atomic mass is 32.1. The van der Waals surface area contributed by atoms with Crippen molar-refractivity contribution < 1.29 is 32.6 Å². The van der Waals surface area contributed by atoms with Gasteiger partial charge in [0.1, 0.15) is 5.75 Å². The second-order valence-corrected chi connectivity index (χ2v) is 9.37. The van der Waals surface area contributed by atoms with Crippen molar-refractivity contribution in [3.8, 4) is 16.2 Å². The number of ketones is 1. The zero-order chi connectivity index (χ0) is 24.6. The third-order valence-corrected chi connectivity index (χ3v) is 6.72. The number of Topliss-reactive ketones (excluding diaryl/α,β-unsaturated/α-hetero) is 1. The minimum atomic E-state index is -4.40. The lowest BCUT2D eigenvalue weighted by Crippen LogP contribution is -2.29. The fraction of sp³-hybridized carbons (Fsp3) is 0.280. The van der Waals surface area contributed by atoms with Crippen molar-refractivity contribution >= 4 is 23.1 Å². The van der Waals surface area contributed by atoms with E-state index >= 15 is 0 Å². The molecule has 3 aromatic rings. The number of thiophene rings is 1. The minimum Gasteiger partial charge on any atom is -0.482 e. The Morgan fingerprint density at radius 3 is 2.09 bits per heavy atom. The highest BCUT2D eigenvalue weighted by molar-refractivity contribution is 7.17. The van der Waals surface area contributed by atoms with Crippen LogP contribution in [0.1, 0.15) is 45.8 Å². The summed E-state index contributed by atoms with van der Waals surface area (Å²) < 4.78 is 43.8. The minimum absolute atomic E-state index is 0.109. The van der Waals surface area contributed by atoms with Gasteiger partial charge in [-0.1, -0.05) is 24.3 Å². The number of carbonyl (C=O) groups excluding carboxylic acids is 1. The fourth-order valence-electron chi connectivity index (χ4n) is 3.43. The molecule has 174 valence electrons. The number of aryl methyl sites for hydroxylation is 2. The maximum Gasteiger partial charge on any atom is 0.416 e. The van der Waals surface area contributed by atoms with Gasteiger partial charge in [-0.15, -0.1) is 11.3 Å². The lowest BCUT2D eigenvalue weighted by Gasteiger charge is -2.24. The number of alkyl halides is 3. The molecule has 2 aromatic carbocycles. The van der Waals surface area contributed by atoms with Gasteiger partial charge in [-0.05, 0) is 74.2 Å². The summed E-state index contributed by atoms with van der Waals surface area (Å²) in [5, 5.41) is 8.79. The smallest absolute Gasteiger partial charge is 0.416 e. The summed E-state index contributed by atoms with van der Waals surface area (Å²) in [6.07, 6.45) is -4.40. The normalized spacial score (nSPS) is 12.0. The molecular formula is C25H23F3O4S. The maximum atomic E-state index is 13.5. The second-order valence-electron chi connectivity index (χ2n) is 8.31. The zero-order valence-electron chi connectivity index (χ0n) is 18.5. The molecule has 0 aliphatic carbocycles. The summed E-state index contributed by atoms with van der Waals surface area (Å²) in [6.45, 7) is 6.74. The first-order valence-electron chi connectivity index (χ1n) is 10.1. The number of benzene rings is 2. The van der Waals surface area contributed by atoms with Crippen LogP contribution in [-0.4, -0.2) is 23.5 Å². The van der Waals surface area contributed by atoms with E-state index in [1.54, 1.807) is 39.0 Å². The maximum absolute atomic E-state index is 13.5. The number of ether oxygens (including phenoxy) is 1. The number of carboxylic acid groups (broad SMARTS) is 1. The van der Waals surface area contributed by atoms with Crippen LogP contribution in [0.2, 0.25) is 0 Å². The molecule has 4 nitrogen and oxygen atoms in total. The fourth-order valence-corrected chi connectivity index (χ4v) is 4.71. The van der Waals surface area contributed by atoms with E-state index in [0.29, 0.717) is 26.6 Å². The number of aliphatic carboxylic acids is 1. The zero-order valence-corrected chi connectivity index (χ0v) is 19.4. The molecule has 0 saturated heterocycles. The molecule has 0 saturated carbocycles. The molecule has 0 bridgehead atoms. The van der Waals surface area contributed by atoms with Crippen LogP contribution < -0.4 is 4.74 Å². The highest BCUT2D eigenvalue weighted by Crippen LogP contribution is 2.38. The summed E-state index contributed by atoms with van der Waals surface area (Å²) in [4.78, 5) is 25.5. The largest absolute Gasteiger partial charge is 0.482 e. The van der Waals surface area contributed by atoms with Crippen LogP contribution in [0.4, 0.5) is 13.2 Å². The molecule has 0 aliphatic heterocycles. The molecule has 1 N–H and O–H groups in total. The lowest BCUT2D eigenvalue weighted by molar-refractivity contribution is -0.139. The standard InChI is InChI=1S/C25H23F3O4S/c1-14-11-18(9-10-19(14)32-13-21(29)30)24(3,4)23(31)22-15(2)12-20(33-22)16-5-7-17(8-6-16)25(26,27)28/h5-12H,13H2,1-4H3,(H,29,30). The molecule has 0 unspecified atom stereocenters. The predicted molar refractivity (Wildman–Crippen MR) is 121 cm³/mol. The van der Waals surface area contributed by atoms with E-state index in [1.165, 1.54) is 23.5 Å². The highest BCUT2D eigenvalue weighted by Gasteiger charge is 2.34. The molecule has 1 aromatic heterocycles. The number of hydrogen-bond donors (Lipinski definition) is 1. The number of halogens is 3. The molecule has 0 atom stereocenters. The molecule has 33 heavy (non-hydrogen) atoms. The van der Waals surface area contributed by atoms with Gasteiger partial charge in [-0.25, -0.2) is 4.79 Å². The summed E-state index contributed by atoms with van der Waals surface area (Å²) in [6, 6.07) is 11.9. The topological polar surface area (TPSA) is 63.6 Å². The van der Waals surface area contributed by atoms with Crippen LogP contribution in [0.3, 0.4) is 0 Å². The number of carboxylic acids is 1. The quantitative estimate of drug-likeness (QED) is 0.387. The van der Waals surface area contributed by atoms with Crippen LogP contribution >= 0.6 is 11.3 Å². The van der Waals surface area contributed by atoms with Crippen molar-refractivity contribution in [1.29, 1.82) is 0 Å². The van der Waals surface area contributed by atoms with Crippen LogP contribution in [0.5, 0.6) is 5.75 Å². The van der Waals surface area contributed by atoms with Gasteiger partial charge >= 0.3 is 12.1 Å². The Bertz CT molecular complexity index is 1190. The lowest BCUT2D eigenvalue weighted by atomic mass is 9.79. The van der Waals surface area contributed by atoms with Gasteiger partial charge in [-0.3, -0.25) is 4.79 Å². The van der Waals surface area contributed by atoms with Gasteiger partial charge in [0, 0.05) is 4.88 Å². The first kappa shape index (κ1) is 24.5. The Labute approximate surface area is 193 Å². The number of carbonyl (C=O) groups is 2. The van der Waals surface area contributed by atoms with E-state index < -0.39 is 29.7 Å². The molecule has 3 rings (SSSR count). The third-order valence-electron chi connectivity index (χ3n) is 5.44. The SMILES string of the molecule is Cc1cc(C(C)(C)C(=O)c2sc(-c3ccc(C(F)(F)F)cc3)cc2C)ccc1OCC(=O)O. The van der Waals surface area contributed by atoms with Gasteiger partial charge in [0.2, 0.25) is 0 Å². The molecule has 0 fully saturated rings. The Balaban J connectivity index is 1.88. The van der Waals surface area contributed by atoms with E-state index in [-0.39, 0.29) is 5.78 Å². The molecule has 0 radical (unpaired) electrons.